The van der Waals surface area contributed by atoms with Crippen molar-refractivity contribution >= 4 is 0 Å². The summed E-state index contributed by atoms with van der Waals surface area (Å²) in [5.74, 6) is 0.472. The van der Waals surface area contributed by atoms with Crippen LogP contribution in [0.25, 0.3) is 0 Å². The fraction of sp³-hybridized carbons (Fsp3) is 0.500. The molecule has 1 aliphatic carbocycles. The van der Waals surface area contributed by atoms with E-state index in [0.717, 1.165) is 6.04 Å². The van der Waals surface area contributed by atoms with Crippen molar-refractivity contribution in [1.29, 1.82) is 0 Å². The number of halogens is 1. The molecule has 1 saturated heterocycles. The summed E-state index contributed by atoms with van der Waals surface area (Å²) >= 11 is 0. The van der Waals surface area contributed by atoms with Crippen LogP contribution in [0.2, 0.25) is 0 Å². The third kappa shape index (κ3) is 3.71. The van der Waals surface area contributed by atoms with Gasteiger partial charge in [-0.3, -0.25) is 0 Å². The molecule has 0 radical (unpaired) electrons. The summed E-state index contributed by atoms with van der Waals surface area (Å²) in [6.07, 6.45) is 7.62. The number of piperidine rings is 1. The van der Waals surface area contributed by atoms with E-state index in [1.54, 1.807) is 12.1 Å². The van der Waals surface area contributed by atoms with E-state index < -0.39 is 0 Å². The van der Waals surface area contributed by atoms with Crippen LogP contribution in [0.15, 0.2) is 54.6 Å². The van der Waals surface area contributed by atoms with E-state index in [-0.39, 0.29) is 5.82 Å². The van der Waals surface area contributed by atoms with Crippen LogP contribution in [0.4, 0.5) is 4.39 Å². The van der Waals surface area contributed by atoms with Crippen molar-refractivity contribution in [2.45, 2.75) is 62.8 Å². The van der Waals surface area contributed by atoms with Crippen LogP contribution >= 0.6 is 0 Å². The highest BCUT2D eigenvalue weighted by atomic mass is 19.1. The summed E-state index contributed by atoms with van der Waals surface area (Å²) in [7, 11) is 0. The molecule has 0 unspecified atom stereocenters. The molecule has 2 heteroatoms. The van der Waals surface area contributed by atoms with E-state index in [2.05, 4.69) is 42.2 Å². The average Bonchev–Trinajstić information content (AvgIpc) is 2.70. The second kappa shape index (κ2) is 7.52. The number of hydrogen-bond acceptors (Lipinski definition) is 1. The molecule has 1 saturated carbocycles. The Hall–Kier alpha value is -1.67. The Morgan fingerprint density at radius 3 is 2.08 bits per heavy atom. The van der Waals surface area contributed by atoms with Crippen LogP contribution in [0, 0.1) is 5.82 Å². The van der Waals surface area contributed by atoms with Crippen molar-refractivity contribution in [3.05, 3.63) is 71.5 Å². The van der Waals surface area contributed by atoms with Crippen molar-refractivity contribution in [3.8, 4) is 0 Å². The smallest absolute Gasteiger partial charge is 0.123 e. The van der Waals surface area contributed by atoms with Crippen molar-refractivity contribution in [2.24, 2.45) is 0 Å². The van der Waals surface area contributed by atoms with Crippen LogP contribution in [-0.2, 0) is 5.41 Å². The van der Waals surface area contributed by atoms with Gasteiger partial charge in [-0.25, -0.2) is 4.39 Å². The van der Waals surface area contributed by atoms with E-state index in [9.17, 15) is 4.39 Å². The van der Waals surface area contributed by atoms with E-state index in [1.165, 1.54) is 62.7 Å². The molecule has 1 nitrogen and oxygen atoms in total. The highest BCUT2D eigenvalue weighted by molar-refractivity contribution is 5.25. The van der Waals surface area contributed by atoms with E-state index in [1.807, 2.05) is 12.1 Å². The normalized spacial score (nSPS) is 28.2. The number of benzene rings is 2. The van der Waals surface area contributed by atoms with Crippen LogP contribution in [0.1, 0.15) is 62.5 Å². The Kier molecular flexibility index (Phi) is 5.13. The Balaban J connectivity index is 1.31. The minimum absolute atomic E-state index is 0.130. The number of nitrogens with zero attached hydrogens (tertiary/aromatic N) is 1. The summed E-state index contributed by atoms with van der Waals surface area (Å²) in [5, 5.41) is 0. The van der Waals surface area contributed by atoms with Crippen molar-refractivity contribution < 1.29 is 4.39 Å². The molecule has 0 N–H and O–H groups in total. The molecule has 26 heavy (non-hydrogen) atoms. The van der Waals surface area contributed by atoms with E-state index in [0.29, 0.717) is 11.3 Å². The highest BCUT2D eigenvalue weighted by Gasteiger charge is 2.35. The monoisotopic (exact) mass is 351 g/mol. The second-order valence-corrected chi connectivity index (χ2v) is 8.52. The number of likely N-dealkylation sites (tertiary alicyclic amines) is 1. The molecule has 2 aromatic rings. The number of hydrogen-bond donors (Lipinski definition) is 0. The van der Waals surface area contributed by atoms with Crippen LogP contribution in [-0.4, -0.2) is 24.0 Å². The summed E-state index contributed by atoms with van der Waals surface area (Å²) in [6, 6.07) is 19.0. The first-order valence-corrected chi connectivity index (χ1v) is 10.2. The van der Waals surface area contributed by atoms with Gasteiger partial charge in [-0.2, -0.15) is 0 Å². The van der Waals surface area contributed by atoms with Gasteiger partial charge in [0.2, 0.25) is 0 Å². The van der Waals surface area contributed by atoms with Gasteiger partial charge in [-0.1, -0.05) is 49.4 Å². The molecular formula is C24H30FN. The standard InChI is InChI=1S/C24H30FN/c1-24(21-5-3-2-4-6-21)15-11-23(12-16-24)26-17-13-20(14-18-26)19-7-9-22(25)10-8-19/h2-10,20,23H,11-18H2,1H3. The van der Waals surface area contributed by atoms with Crippen LogP contribution in [0.5, 0.6) is 0 Å². The zero-order valence-corrected chi connectivity index (χ0v) is 15.8. The summed E-state index contributed by atoms with van der Waals surface area (Å²) in [5.41, 5.74) is 3.17. The van der Waals surface area contributed by atoms with E-state index in [4.69, 9.17) is 0 Å². The maximum atomic E-state index is 13.1. The van der Waals surface area contributed by atoms with E-state index >= 15 is 0 Å². The van der Waals surface area contributed by atoms with Gasteiger partial charge in [0.1, 0.15) is 5.82 Å². The first-order chi connectivity index (χ1) is 12.6. The van der Waals surface area contributed by atoms with Crippen LogP contribution in [0.3, 0.4) is 0 Å². The molecule has 0 bridgehead atoms. The van der Waals surface area contributed by atoms with Crippen molar-refractivity contribution in [2.75, 3.05) is 13.1 Å². The largest absolute Gasteiger partial charge is 0.300 e. The molecule has 1 heterocycles. The Bertz CT molecular complexity index is 693. The summed E-state index contributed by atoms with van der Waals surface area (Å²) in [4.78, 5) is 2.73. The number of rotatable bonds is 3. The Labute approximate surface area is 157 Å². The molecule has 1 aliphatic heterocycles. The first kappa shape index (κ1) is 17.7. The molecule has 0 aromatic heterocycles. The lowest BCUT2D eigenvalue weighted by Crippen LogP contribution is -2.45. The van der Waals surface area contributed by atoms with Gasteiger partial charge >= 0.3 is 0 Å². The zero-order chi connectivity index (χ0) is 18.0. The summed E-state index contributed by atoms with van der Waals surface area (Å²) < 4.78 is 13.1. The molecule has 0 spiro atoms. The lowest BCUT2D eigenvalue weighted by Gasteiger charge is -2.44. The van der Waals surface area contributed by atoms with Gasteiger partial charge in [0.15, 0.2) is 0 Å². The average molecular weight is 352 g/mol. The lowest BCUT2D eigenvalue weighted by molar-refractivity contribution is 0.101. The maximum Gasteiger partial charge on any atom is 0.123 e. The molecule has 138 valence electrons. The van der Waals surface area contributed by atoms with Crippen molar-refractivity contribution in [3.63, 3.8) is 0 Å². The second-order valence-electron chi connectivity index (χ2n) is 8.52. The fourth-order valence-corrected chi connectivity index (χ4v) is 5.07. The van der Waals surface area contributed by atoms with Crippen LogP contribution < -0.4 is 0 Å². The molecular weight excluding hydrogens is 321 g/mol. The SMILES string of the molecule is CC1(c2ccccc2)CCC(N2CCC(c3ccc(F)cc3)CC2)CC1. The molecule has 4 rings (SSSR count). The molecule has 0 atom stereocenters. The predicted octanol–water partition coefficient (Wildman–Crippen LogP) is 5.91. The Morgan fingerprint density at radius 2 is 1.46 bits per heavy atom. The quantitative estimate of drug-likeness (QED) is 0.665. The van der Waals surface area contributed by atoms with Gasteiger partial charge in [-0.05, 0) is 86.2 Å². The topological polar surface area (TPSA) is 3.24 Å². The predicted molar refractivity (Wildman–Crippen MR) is 106 cm³/mol. The minimum atomic E-state index is -0.130. The maximum absolute atomic E-state index is 13.1. The van der Waals surface area contributed by atoms with Gasteiger partial charge in [0, 0.05) is 6.04 Å². The third-order valence-electron chi connectivity index (χ3n) is 6.92. The molecule has 2 fully saturated rings. The van der Waals surface area contributed by atoms with Gasteiger partial charge < -0.3 is 4.90 Å². The van der Waals surface area contributed by atoms with Gasteiger partial charge in [0.05, 0.1) is 0 Å². The lowest BCUT2D eigenvalue weighted by atomic mass is 9.69. The zero-order valence-electron chi connectivity index (χ0n) is 15.8. The molecule has 2 aromatic carbocycles. The van der Waals surface area contributed by atoms with Gasteiger partial charge in [0.25, 0.3) is 0 Å². The molecule has 2 aliphatic rings. The highest BCUT2D eigenvalue weighted by Crippen LogP contribution is 2.41. The Morgan fingerprint density at radius 1 is 0.846 bits per heavy atom. The summed E-state index contributed by atoms with van der Waals surface area (Å²) in [6.45, 7) is 4.82. The molecule has 0 amide bonds. The first-order valence-electron chi connectivity index (χ1n) is 10.2. The fourth-order valence-electron chi connectivity index (χ4n) is 5.07. The van der Waals surface area contributed by atoms with Crippen molar-refractivity contribution in [1.82, 2.24) is 4.90 Å². The van der Waals surface area contributed by atoms with Gasteiger partial charge in [-0.15, -0.1) is 0 Å². The third-order valence-corrected chi connectivity index (χ3v) is 6.92. The minimum Gasteiger partial charge on any atom is -0.300 e.